The first-order chi connectivity index (χ1) is 16.0. The Morgan fingerprint density at radius 3 is 2.36 bits per heavy atom. The summed E-state index contributed by atoms with van der Waals surface area (Å²) in [4.78, 5) is 42.5. The Morgan fingerprint density at radius 1 is 0.939 bits per heavy atom. The number of nitrogens with one attached hydrogen (secondary N) is 1. The fourth-order valence-corrected chi connectivity index (χ4v) is 7.63. The van der Waals surface area contributed by atoms with Crippen molar-refractivity contribution < 1.29 is 14.4 Å². The monoisotopic (exact) mass is 443 g/mol. The number of carbonyl (C=O) groups is 3. The van der Waals surface area contributed by atoms with Crippen LogP contribution in [0.2, 0.25) is 0 Å². The molecule has 3 amide bonds. The number of rotatable bonds is 2. The van der Waals surface area contributed by atoms with Crippen molar-refractivity contribution in [2.75, 3.05) is 31.5 Å². The molecule has 2 heterocycles. The van der Waals surface area contributed by atoms with Crippen molar-refractivity contribution in [3.63, 3.8) is 0 Å². The van der Waals surface area contributed by atoms with E-state index in [4.69, 9.17) is 0 Å². The van der Waals surface area contributed by atoms with Crippen LogP contribution in [0.4, 0.5) is 10.5 Å². The minimum absolute atomic E-state index is 0.0192. The van der Waals surface area contributed by atoms with Gasteiger partial charge in [0.15, 0.2) is 0 Å². The van der Waals surface area contributed by atoms with Crippen LogP contribution in [-0.4, -0.2) is 53.7 Å². The molecule has 4 aliphatic carbocycles. The molecule has 2 aromatic rings. The summed E-state index contributed by atoms with van der Waals surface area (Å²) >= 11 is 0. The number of nitrogens with zero attached hydrogens (tertiary/aromatic N) is 2. The minimum atomic E-state index is -0.0452. The lowest BCUT2D eigenvalue weighted by Gasteiger charge is -2.39. The zero-order valence-corrected chi connectivity index (χ0v) is 18.7. The van der Waals surface area contributed by atoms with E-state index in [1.54, 1.807) is 0 Å². The number of hydrogen-bond acceptors (Lipinski definition) is 3. The highest BCUT2D eigenvalue weighted by atomic mass is 16.2. The van der Waals surface area contributed by atoms with E-state index in [1.165, 1.54) is 0 Å². The lowest BCUT2D eigenvalue weighted by atomic mass is 9.78. The minimum Gasteiger partial charge on any atom is -0.342 e. The molecule has 8 rings (SSSR count). The molecule has 6 nitrogen and oxygen atoms in total. The largest absolute Gasteiger partial charge is 0.342 e. The Kier molecular flexibility index (Phi) is 4.04. The lowest BCUT2D eigenvalue weighted by molar-refractivity contribution is -0.138. The summed E-state index contributed by atoms with van der Waals surface area (Å²) in [6.07, 6.45) is 3.84. The molecule has 6 fully saturated rings. The van der Waals surface area contributed by atoms with Gasteiger partial charge >= 0.3 is 6.03 Å². The van der Waals surface area contributed by atoms with Gasteiger partial charge in [-0.25, -0.2) is 4.79 Å². The van der Waals surface area contributed by atoms with Crippen molar-refractivity contribution >= 4 is 34.2 Å². The van der Waals surface area contributed by atoms with E-state index in [-0.39, 0.29) is 35.1 Å². The average Bonchev–Trinajstić information content (AvgIpc) is 3.16. The van der Waals surface area contributed by atoms with Gasteiger partial charge in [-0.05, 0) is 54.4 Å². The molecule has 6 aliphatic rings. The molecule has 5 unspecified atom stereocenters. The molecular weight excluding hydrogens is 414 g/mol. The van der Waals surface area contributed by atoms with Crippen molar-refractivity contribution in [2.24, 2.45) is 35.0 Å². The van der Waals surface area contributed by atoms with Crippen LogP contribution in [0.5, 0.6) is 0 Å². The SMILES string of the molecule is O=C1C2CC3C1C3C2C(=O)N1CCC2(CCN(C(=O)Nc3cccc4ccccc34)CC2)C1. The maximum Gasteiger partial charge on any atom is 0.321 e. The number of hydrogen-bond donors (Lipinski definition) is 1. The summed E-state index contributed by atoms with van der Waals surface area (Å²) in [5, 5.41) is 5.27. The first-order valence-electron chi connectivity index (χ1n) is 12.4. The fraction of sp³-hybridized carbons (Fsp3) is 0.519. The topological polar surface area (TPSA) is 69.7 Å². The first kappa shape index (κ1) is 19.6. The molecule has 170 valence electrons. The number of amides is 3. The molecule has 2 aliphatic heterocycles. The number of urea groups is 1. The van der Waals surface area contributed by atoms with E-state index < -0.39 is 0 Å². The summed E-state index contributed by atoms with van der Waals surface area (Å²) in [7, 11) is 0. The van der Waals surface area contributed by atoms with Crippen LogP contribution < -0.4 is 5.32 Å². The Bertz CT molecular complexity index is 1180. The predicted molar refractivity (Wildman–Crippen MR) is 124 cm³/mol. The number of piperidine rings is 1. The molecule has 1 N–H and O–H groups in total. The van der Waals surface area contributed by atoms with Crippen LogP contribution in [0.3, 0.4) is 0 Å². The van der Waals surface area contributed by atoms with Gasteiger partial charge in [-0.2, -0.15) is 0 Å². The van der Waals surface area contributed by atoms with Crippen LogP contribution in [0.15, 0.2) is 42.5 Å². The average molecular weight is 444 g/mol. The Hall–Kier alpha value is -2.89. The van der Waals surface area contributed by atoms with E-state index in [9.17, 15) is 14.4 Å². The molecule has 0 radical (unpaired) electrons. The highest BCUT2D eigenvalue weighted by Crippen LogP contribution is 2.71. The van der Waals surface area contributed by atoms with Gasteiger partial charge in [0.25, 0.3) is 0 Å². The molecule has 1 spiro atoms. The van der Waals surface area contributed by atoms with Gasteiger partial charge < -0.3 is 15.1 Å². The Labute approximate surface area is 193 Å². The van der Waals surface area contributed by atoms with E-state index in [2.05, 4.69) is 22.3 Å². The summed E-state index contributed by atoms with van der Waals surface area (Å²) < 4.78 is 0. The van der Waals surface area contributed by atoms with E-state index in [1.807, 2.05) is 35.2 Å². The highest BCUT2D eigenvalue weighted by Gasteiger charge is 2.75. The Balaban J connectivity index is 0.982. The van der Waals surface area contributed by atoms with Crippen molar-refractivity contribution in [2.45, 2.75) is 25.7 Å². The van der Waals surface area contributed by atoms with Gasteiger partial charge in [0.05, 0.1) is 11.6 Å². The van der Waals surface area contributed by atoms with E-state index in [0.29, 0.717) is 17.6 Å². The zero-order valence-electron chi connectivity index (χ0n) is 18.7. The summed E-state index contributed by atoms with van der Waals surface area (Å²) in [5.74, 6) is 1.74. The fourth-order valence-electron chi connectivity index (χ4n) is 7.63. The van der Waals surface area contributed by atoms with Gasteiger partial charge in [0.2, 0.25) is 5.91 Å². The van der Waals surface area contributed by atoms with Crippen molar-refractivity contribution in [3.8, 4) is 0 Å². The first-order valence-corrected chi connectivity index (χ1v) is 12.4. The van der Waals surface area contributed by atoms with Crippen LogP contribution >= 0.6 is 0 Å². The quantitative estimate of drug-likeness (QED) is 0.768. The molecule has 5 atom stereocenters. The molecule has 2 aromatic carbocycles. The molecule has 4 saturated carbocycles. The van der Waals surface area contributed by atoms with Crippen molar-refractivity contribution in [1.29, 1.82) is 0 Å². The highest BCUT2D eigenvalue weighted by molar-refractivity contribution is 6.02. The third-order valence-corrected chi connectivity index (χ3v) is 9.48. The summed E-state index contributed by atoms with van der Waals surface area (Å²) in [6.45, 7) is 3.04. The number of Topliss-reactive ketones (excluding diaryl/α,β-unsaturated/α-hetero) is 1. The zero-order chi connectivity index (χ0) is 22.3. The molecule has 2 saturated heterocycles. The van der Waals surface area contributed by atoms with Crippen molar-refractivity contribution in [1.82, 2.24) is 9.80 Å². The van der Waals surface area contributed by atoms with Gasteiger partial charge in [-0.1, -0.05) is 36.4 Å². The third kappa shape index (κ3) is 2.82. The van der Waals surface area contributed by atoms with Crippen LogP contribution in [0.25, 0.3) is 10.8 Å². The second kappa shape index (κ2) is 6.81. The number of ketones is 1. The van der Waals surface area contributed by atoms with Gasteiger partial charge in [-0.3, -0.25) is 9.59 Å². The predicted octanol–water partition coefficient (Wildman–Crippen LogP) is 3.77. The van der Waals surface area contributed by atoms with E-state index >= 15 is 0 Å². The number of carbonyl (C=O) groups excluding carboxylic acids is 3. The second-order valence-corrected chi connectivity index (χ2v) is 11.0. The smallest absolute Gasteiger partial charge is 0.321 e. The molecular formula is C27H29N3O3. The molecule has 4 bridgehead atoms. The molecule has 33 heavy (non-hydrogen) atoms. The van der Waals surface area contributed by atoms with Gasteiger partial charge in [-0.15, -0.1) is 0 Å². The number of likely N-dealkylation sites (tertiary alicyclic amines) is 2. The number of fused-ring (bicyclic) bond motifs is 1. The van der Waals surface area contributed by atoms with Gasteiger partial charge in [0, 0.05) is 43.4 Å². The normalized spacial score (nSPS) is 33.2. The molecule has 6 heteroatoms. The number of benzene rings is 2. The lowest BCUT2D eigenvalue weighted by Crippen LogP contribution is -2.46. The maximum atomic E-state index is 13.3. The second-order valence-electron chi connectivity index (χ2n) is 11.0. The summed E-state index contributed by atoms with van der Waals surface area (Å²) in [6, 6.07) is 14.0. The maximum absolute atomic E-state index is 13.3. The third-order valence-electron chi connectivity index (χ3n) is 9.48. The standard InChI is InChI=1S/C27H29N3O3/c31-24-19-14-18-21(22(18)24)23(19)25(32)30-13-10-27(15-30)8-11-29(12-9-27)26(33)28-20-7-3-5-16-4-1-2-6-17(16)20/h1-7,18-19,21-23H,8-15H2,(H,28,33). The molecule has 0 aromatic heterocycles. The van der Waals surface area contributed by atoms with Crippen LogP contribution in [0.1, 0.15) is 25.7 Å². The summed E-state index contributed by atoms with van der Waals surface area (Å²) in [5.41, 5.74) is 0.972. The van der Waals surface area contributed by atoms with Crippen LogP contribution in [-0.2, 0) is 9.59 Å². The van der Waals surface area contributed by atoms with Crippen LogP contribution in [0, 0.1) is 35.0 Å². The van der Waals surface area contributed by atoms with Gasteiger partial charge in [0.1, 0.15) is 5.78 Å². The van der Waals surface area contributed by atoms with E-state index in [0.717, 1.165) is 68.3 Å². The number of anilines is 1. The van der Waals surface area contributed by atoms with Crippen molar-refractivity contribution in [3.05, 3.63) is 42.5 Å². The Morgan fingerprint density at radius 2 is 1.67 bits per heavy atom.